The standard InChI is InChI=1S/C22H25N3O4/c1-29-20-9-5-4-8-19(20)24-12-10-23(11-13-24)14-16(26)15-25-21(27)17-6-2-3-7-18(17)22(25)28/h2-9,16,26H,10-15H2,1H3. The average molecular weight is 395 g/mol. The average Bonchev–Trinajstić information content (AvgIpc) is 2.99. The fourth-order valence-electron chi connectivity index (χ4n) is 4.03. The number of hydrogen-bond donors (Lipinski definition) is 1. The van der Waals surface area contributed by atoms with Gasteiger partial charge < -0.3 is 14.7 Å². The molecule has 1 fully saturated rings. The topological polar surface area (TPSA) is 73.3 Å². The predicted octanol–water partition coefficient (Wildman–Crippen LogP) is 1.47. The molecule has 1 N–H and O–H groups in total. The minimum atomic E-state index is -0.782. The largest absolute Gasteiger partial charge is 0.495 e. The molecule has 2 aromatic carbocycles. The molecule has 1 atom stereocenters. The van der Waals surface area contributed by atoms with Crippen LogP contribution in [-0.2, 0) is 0 Å². The van der Waals surface area contributed by atoms with Gasteiger partial charge in [0.15, 0.2) is 0 Å². The Morgan fingerprint density at radius 3 is 2.10 bits per heavy atom. The van der Waals surface area contributed by atoms with Gasteiger partial charge in [-0.15, -0.1) is 0 Å². The van der Waals surface area contributed by atoms with Crippen LogP contribution in [0.5, 0.6) is 5.75 Å². The van der Waals surface area contributed by atoms with Crippen LogP contribution >= 0.6 is 0 Å². The summed E-state index contributed by atoms with van der Waals surface area (Å²) in [5.41, 5.74) is 1.89. The van der Waals surface area contributed by atoms with Gasteiger partial charge in [0.2, 0.25) is 0 Å². The van der Waals surface area contributed by atoms with E-state index < -0.39 is 6.10 Å². The lowest BCUT2D eigenvalue weighted by Gasteiger charge is -2.37. The van der Waals surface area contributed by atoms with Gasteiger partial charge in [-0.25, -0.2) is 0 Å². The number of para-hydroxylation sites is 2. The van der Waals surface area contributed by atoms with Gasteiger partial charge in [-0.2, -0.15) is 0 Å². The summed E-state index contributed by atoms with van der Waals surface area (Å²) >= 11 is 0. The number of aliphatic hydroxyl groups excluding tert-OH is 1. The van der Waals surface area contributed by atoms with E-state index in [9.17, 15) is 14.7 Å². The quantitative estimate of drug-likeness (QED) is 0.747. The Kier molecular flexibility index (Phi) is 5.51. The lowest BCUT2D eigenvalue weighted by molar-refractivity contribution is 0.0469. The highest BCUT2D eigenvalue weighted by atomic mass is 16.5. The Bertz CT molecular complexity index is 873. The van der Waals surface area contributed by atoms with Crippen molar-refractivity contribution in [3.05, 3.63) is 59.7 Å². The summed E-state index contributed by atoms with van der Waals surface area (Å²) in [5.74, 6) is 0.197. The van der Waals surface area contributed by atoms with E-state index in [1.165, 1.54) is 0 Å². The second kappa shape index (κ2) is 8.23. The fourth-order valence-corrected chi connectivity index (χ4v) is 4.03. The number of aliphatic hydroxyl groups is 1. The van der Waals surface area contributed by atoms with Crippen LogP contribution in [0.3, 0.4) is 0 Å². The number of β-amino-alcohol motifs (C(OH)–C–C–N with tert-alkyl or cyclic N) is 1. The number of methoxy groups -OCH3 is 1. The normalized spacial score (nSPS) is 18.1. The van der Waals surface area contributed by atoms with Crippen molar-refractivity contribution in [1.82, 2.24) is 9.80 Å². The summed E-state index contributed by atoms with van der Waals surface area (Å²) in [5, 5.41) is 10.5. The van der Waals surface area contributed by atoms with Crippen molar-refractivity contribution in [3.8, 4) is 5.75 Å². The van der Waals surface area contributed by atoms with E-state index in [1.807, 2.05) is 24.3 Å². The zero-order valence-corrected chi connectivity index (χ0v) is 16.5. The molecule has 29 heavy (non-hydrogen) atoms. The predicted molar refractivity (Wildman–Crippen MR) is 109 cm³/mol. The first kappa shape index (κ1) is 19.4. The van der Waals surface area contributed by atoms with E-state index in [1.54, 1.807) is 31.4 Å². The number of carbonyl (C=O) groups excluding carboxylic acids is 2. The lowest BCUT2D eigenvalue weighted by atomic mass is 10.1. The van der Waals surface area contributed by atoms with Crippen molar-refractivity contribution in [3.63, 3.8) is 0 Å². The van der Waals surface area contributed by atoms with Crippen LogP contribution in [0.15, 0.2) is 48.5 Å². The number of fused-ring (bicyclic) bond motifs is 1. The minimum Gasteiger partial charge on any atom is -0.495 e. The van der Waals surface area contributed by atoms with Gasteiger partial charge in [0, 0.05) is 32.7 Å². The molecule has 4 rings (SSSR count). The second-order valence-electron chi connectivity index (χ2n) is 7.38. The number of amides is 2. The summed E-state index contributed by atoms with van der Waals surface area (Å²) in [6, 6.07) is 14.7. The molecule has 152 valence electrons. The summed E-state index contributed by atoms with van der Waals surface area (Å²) in [6.45, 7) is 3.65. The molecule has 0 aliphatic carbocycles. The van der Waals surface area contributed by atoms with Crippen molar-refractivity contribution in [2.24, 2.45) is 0 Å². The van der Waals surface area contributed by atoms with Gasteiger partial charge in [-0.1, -0.05) is 24.3 Å². The van der Waals surface area contributed by atoms with Crippen LogP contribution in [0, 0.1) is 0 Å². The van der Waals surface area contributed by atoms with Gasteiger partial charge in [-0.3, -0.25) is 19.4 Å². The van der Waals surface area contributed by atoms with Gasteiger partial charge in [-0.05, 0) is 24.3 Å². The van der Waals surface area contributed by atoms with E-state index in [-0.39, 0.29) is 18.4 Å². The highest BCUT2D eigenvalue weighted by Crippen LogP contribution is 2.28. The summed E-state index contributed by atoms with van der Waals surface area (Å²) in [7, 11) is 1.67. The maximum Gasteiger partial charge on any atom is 0.261 e. The molecule has 2 aliphatic heterocycles. The molecule has 0 radical (unpaired) electrons. The third-order valence-electron chi connectivity index (χ3n) is 5.54. The third kappa shape index (κ3) is 3.83. The second-order valence-corrected chi connectivity index (χ2v) is 7.38. The highest BCUT2D eigenvalue weighted by molar-refractivity contribution is 6.21. The van der Waals surface area contributed by atoms with Crippen LogP contribution in [0.2, 0.25) is 0 Å². The summed E-state index contributed by atoms with van der Waals surface area (Å²) in [4.78, 5) is 30.5. The van der Waals surface area contributed by atoms with Crippen molar-refractivity contribution >= 4 is 17.5 Å². The van der Waals surface area contributed by atoms with Gasteiger partial charge in [0.05, 0.1) is 36.6 Å². The van der Waals surface area contributed by atoms with E-state index in [0.717, 1.165) is 42.5 Å². The molecule has 1 saturated heterocycles. The van der Waals surface area contributed by atoms with Crippen LogP contribution in [0.25, 0.3) is 0 Å². The number of carbonyl (C=O) groups is 2. The minimum absolute atomic E-state index is 0.0130. The van der Waals surface area contributed by atoms with Gasteiger partial charge >= 0.3 is 0 Å². The zero-order chi connectivity index (χ0) is 20.4. The Morgan fingerprint density at radius 1 is 0.897 bits per heavy atom. The molecule has 7 heteroatoms. The fraction of sp³-hybridized carbons (Fsp3) is 0.364. The Hall–Kier alpha value is -2.90. The first-order valence-corrected chi connectivity index (χ1v) is 9.82. The molecule has 0 saturated carbocycles. The number of ether oxygens (including phenoxy) is 1. The number of nitrogens with zero attached hydrogens (tertiary/aromatic N) is 3. The molecule has 0 aromatic heterocycles. The number of imide groups is 1. The SMILES string of the molecule is COc1ccccc1N1CCN(CC(O)CN2C(=O)c3ccccc3C2=O)CC1. The molecule has 7 nitrogen and oxygen atoms in total. The van der Waals surface area contributed by atoms with E-state index in [2.05, 4.69) is 9.80 Å². The molecule has 1 unspecified atom stereocenters. The molecular formula is C22H25N3O4. The molecule has 2 aromatic rings. The van der Waals surface area contributed by atoms with Crippen molar-refractivity contribution in [2.45, 2.75) is 6.10 Å². The van der Waals surface area contributed by atoms with E-state index >= 15 is 0 Å². The molecule has 2 amide bonds. The molecule has 2 heterocycles. The Morgan fingerprint density at radius 2 is 1.48 bits per heavy atom. The number of anilines is 1. The summed E-state index contributed by atoms with van der Waals surface area (Å²) < 4.78 is 5.45. The summed E-state index contributed by atoms with van der Waals surface area (Å²) in [6.07, 6.45) is -0.782. The maximum atomic E-state index is 12.5. The number of piperazine rings is 1. The Labute approximate surface area is 170 Å². The molecule has 0 spiro atoms. The van der Waals surface area contributed by atoms with E-state index in [0.29, 0.717) is 17.7 Å². The number of benzene rings is 2. The monoisotopic (exact) mass is 395 g/mol. The molecule has 0 bridgehead atoms. The van der Waals surface area contributed by atoms with Crippen LogP contribution in [-0.4, -0.2) is 79.2 Å². The smallest absolute Gasteiger partial charge is 0.261 e. The first-order valence-electron chi connectivity index (χ1n) is 9.82. The number of rotatable bonds is 6. The lowest BCUT2D eigenvalue weighted by Crippen LogP contribution is -2.50. The first-order chi connectivity index (χ1) is 14.1. The van der Waals surface area contributed by atoms with Crippen LogP contribution in [0.4, 0.5) is 5.69 Å². The van der Waals surface area contributed by atoms with Crippen molar-refractivity contribution in [1.29, 1.82) is 0 Å². The molecular weight excluding hydrogens is 370 g/mol. The van der Waals surface area contributed by atoms with Gasteiger partial charge in [0.1, 0.15) is 5.75 Å². The maximum absolute atomic E-state index is 12.5. The molecule has 2 aliphatic rings. The Balaban J connectivity index is 1.31. The van der Waals surface area contributed by atoms with E-state index in [4.69, 9.17) is 4.74 Å². The van der Waals surface area contributed by atoms with Crippen LogP contribution in [0.1, 0.15) is 20.7 Å². The van der Waals surface area contributed by atoms with Crippen molar-refractivity contribution in [2.75, 3.05) is 51.3 Å². The highest BCUT2D eigenvalue weighted by Gasteiger charge is 2.36. The third-order valence-corrected chi connectivity index (χ3v) is 5.54. The van der Waals surface area contributed by atoms with Gasteiger partial charge in [0.25, 0.3) is 11.8 Å². The van der Waals surface area contributed by atoms with Crippen LogP contribution < -0.4 is 9.64 Å². The number of hydrogen-bond acceptors (Lipinski definition) is 6. The zero-order valence-electron chi connectivity index (χ0n) is 16.5. The van der Waals surface area contributed by atoms with Crippen molar-refractivity contribution < 1.29 is 19.4 Å².